The van der Waals surface area contributed by atoms with E-state index in [2.05, 4.69) is 29.0 Å². The van der Waals surface area contributed by atoms with Crippen LogP contribution in [0.4, 0.5) is 0 Å². The smallest absolute Gasteiger partial charge is 0.276 e. The first-order valence-electron chi connectivity index (χ1n) is 11.2. The molecule has 8 nitrogen and oxygen atoms in total. The van der Waals surface area contributed by atoms with Gasteiger partial charge in [-0.3, -0.25) is 4.79 Å². The zero-order chi connectivity index (χ0) is 22.5. The number of likely N-dealkylation sites (tertiary alicyclic amines) is 1. The molecule has 32 heavy (non-hydrogen) atoms. The van der Waals surface area contributed by atoms with E-state index in [0.29, 0.717) is 55.2 Å². The van der Waals surface area contributed by atoms with Crippen LogP contribution in [0.25, 0.3) is 11.3 Å². The van der Waals surface area contributed by atoms with Gasteiger partial charge in [0.2, 0.25) is 5.89 Å². The average molecular weight is 439 g/mol. The Bertz CT molecular complexity index is 1040. The number of aromatic nitrogens is 3. The molecule has 1 fully saturated rings. The number of aryl methyl sites for hydroxylation is 1. The monoisotopic (exact) mass is 438 g/mol. The predicted octanol–water partition coefficient (Wildman–Crippen LogP) is 4.10. The molecule has 0 saturated carbocycles. The maximum atomic E-state index is 13.2. The molecule has 1 amide bonds. The van der Waals surface area contributed by atoms with E-state index in [1.165, 1.54) is 6.39 Å². The Balaban J connectivity index is 1.33. The van der Waals surface area contributed by atoms with Gasteiger partial charge in [-0.2, -0.15) is 4.98 Å². The highest BCUT2D eigenvalue weighted by molar-refractivity contribution is 5.97. The molecule has 4 rings (SSSR count). The first-order chi connectivity index (χ1) is 15.5. The number of amides is 1. The lowest BCUT2D eigenvalue weighted by atomic mass is 10.1. The molecule has 170 valence electrons. The van der Waals surface area contributed by atoms with Crippen molar-refractivity contribution in [2.24, 2.45) is 5.92 Å². The Morgan fingerprint density at radius 3 is 3.03 bits per heavy atom. The predicted molar refractivity (Wildman–Crippen MR) is 118 cm³/mol. The molecule has 1 unspecified atom stereocenters. The largest absolute Gasteiger partial charge is 0.443 e. The van der Waals surface area contributed by atoms with Crippen molar-refractivity contribution in [2.45, 2.75) is 52.6 Å². The summed E-state index contributed by atoms with van der Waals surface area (Å²) in [6, 6.07) is 7.87. The van der Waals surface area contributed by atoms with Crippen molar-refractivity contribution in [1.29, 1.82) is 0 Å². The van der Waals surface area contributed by atoms with Gasteiger partial charge < -0.3 is 18.6 Å². The fourth-order valence-electron chi connectivity index (χ4n) is 3.94. The van der Waals surface area contributed by atoms with Crippen LogP contribution in [0.2, 0.25) is 0 Å². The molecule has 0 N–H and O–H groups in total. The molecule has 3 heterocycles. The summed E-state index contributed by atoms with van der Waals surface area (Å²) < 4.78 is 16.9. The summed E-state index contributed by atoms with van der Waals surface area (Å²) in [6.07, 6.45) is 4.48. The zero-order valence-electron chi connectivity index (χ0n) is 18.9. The first kappa shape index (κ1) is 22.2. The molecular formula is C24H30N4O4. The number of ether oxygens (including phenoxy) is 1. The highest BCUT2D eigenvalue weighted by Gasteiger charge is 2.29. The van der Waals surface area contributed by atoms with Crippen molar-refractivity contribution < 1.29 is 18.5 Å². The van der Waals surface area contributed by atoms with Gasteiger partial charge in [0.15, 0.2) is 23.7 Å². The second-order valence-corrected chi connectivity index (χ2v) is 8.74. The summed E-state index contributed by atoms with van der Waals surface area (Å²) >= 11 is 0. The van der Waals surface area contributed by atoms with Crippen LogP contribution < -0.4 is 0 Å². The minimum atomic E-state index is -0.125. The third-order valence-electron chi connectivity index (χ3n) is 5.49. The Morgan fingerprint density at radius 2 is 2.22 bits per heavy atom. The van der Waals surface area contributed by atoms with Crippen molar-refractivity contribution in [3.05, 3.63) is 53.6 Å². The highest BCUT2D eigenvalue weighted by atomic mass is 16.5. The molecule has 0 radical (unpaired) electrons. The fraction of sp³-hybridized carbons (Fsp3) is 0.500. The van der Waals surface area contributed by atoms with E-state index in [0.717, 1.165) is 30.4 Å². The molecular weight excluding hydrogens is 408 g/mol. The molecule has 1 aromatic carbocycles. The van der Waals surface area contributed by atoms with Crippen LogP contribution in [-0.4, -0.2) is 51.7 Å². The number of benzene rings is 1. The summed E-state index contributed by atoms with van der Waals surface area (Å²) in [7, 11) is 0. The van der Waals surface area contributed by atoms with E-state index in [1.54, 1.807) is 4.90 Å². The van der Waals surface area contributed by atoms with Gasteiger partial charge in [-0.1, -0.05) is 42.8 Å². The van der Waals surface area contributed by atoms with E-state index in [1.807, 2.05) is 31.2 Å². The van der Waals surface area contributed by atoms with Crippen LogP contribution in [0.15, 0.2) is 39.6 Å². The number of oxazole rings is 1. The third kappa shape index (κ3) is 5.43. The summed E-state index contributed by atoms with van der Waals surface area (Å²) in [4.78, 5) is 23.6. The fourth-order valence-corrected chi connectivity index (χ4v) is 3.94. The molecule has 8 heteroatoms. The maximum absolute atomic E-state index is 13.2. The van der Waals surface area contributed by atoms with Gasteiger partial charge in [-0.15, -0.1) is 0 Å². The summed E-state index contributed by atoms with van der Waals surface area (Å²) in [5, 5.41) is 4.02. The minimum absolute atomic E-state index is 0.0240. The molecule has 1 atom stereocenters. The standard InChI is InChI=1S/C24H30N4O4/c1-16(2)12-21-26-20(27-32-21)9-11-30-19-8-5-10-28(14-19)24(29)22-23(31-15-25-22)18-7-4-6-17(3)13-18/h4,6-7,13,15-16,19H,5,8-12,14H2,1-3H3. The lowest BCUT2D eigenvalue weighted by molar-refractivity contribution is 0.00235. The van der Waals surface area contributed by atoms with Gasteiger partial charge in [0.1, 0.15) is 0 Å². The molecule has 1 aliphatic rings. The van der Waals surface area contributed by atoms with Gasteiger partial charge in [0.25, 0.3) is 5.91 Å². The zero-order valence-corrected chi connectivity index (χ0v) is 18.9. The number of nitrogens with zero attached hydrogens (tertiary/aromatic N) is 4. The Morgan fingerprint density at radius 1 is 1.34 bits per heavy atom. The topological polar surface area (TPSA) is 94.5 Å². The molecule has 1 aliphatic heterocycles. The maximum Gasteiger partial charge on any atom is 0.276 e. The van der Waals surface area contributed by atoms with Crippen LogP contribution in [0.5, 0.6) is 0 Å². The van der Waals surface area contributed by atoms with Crippen molar-refractivity contribution >= 4 is 5.91 Å². The van der Waals surface area contributed by atoms with Crippen molar-refractivity contribution in [2.75, 3.05) is 19.7 Å². The lowest BCUT2D eigenvalue weighted by Gasteiger charge is -2.32. The molecule has 0 spiro atoms. The SMILES string of the molecule is Cc1cccc(-c2ocnc2C(=O)N2CCCC(OCCc3noc(CC(C)C)n3)C2)c1. The van der Waals surface area contributed by atoms with Crippen LogP contribution in [-0.2, 0) is 17.6 Å². The van der Waals surface area contributed by atoms with E-state index >= 15 is 0 Å². The van der Waals surface area contributed by atoms with Crippen LogP contribution in [0.3, 0.4) is 0 Å². The molecule has 1 saturated heterocycles. The summed E-state index contributed by atoms with van der Waals surface area (Å²) in [5.41, 5.74) is 2.30. The number of carbonyl (C=O) groups is 1. The van der Waals surface area contributed by atoms with E-state index < -0.39 is 0 Å². The van der Waals surface area contributed by atoms with Gasteiger partial charge >= 0.3 is 0 Å². The normalized spacial score (nSPS) is 16.6. The van der Waals surface area contributed by atoms with Crippen molar-refractivity contribution in [3.63, 3.8) is 0 Å². The number of rotatable bonds is 8. The lowest BCUT2D eigenvalue weighted by Crippen LogP contribution is -2.43. The molecule has 0 bridgehead atoms. The van der Waals surface area contributed by atoms with E-state index in [-0.39, 0.29) is 12.0 Å². The van der Waals surface area contributed by atoms with Gasteiger partial charge in [0, 0.05) is 31.5 Å². The number of piperidine rings is 1. The molecule has 3 aromatic rings. The number of carbonyl (C=O) groups excluding carboxylic acids is 1. The van der Waals surface area contributed by atoms with E-state index in [4.69, 9.17) is 13.7 Å². The highest BCUT2D eigenvalue weighted by Crippen LogP contribution is 2.26. The second-order valence-electron chi connectivity index (χ2n) is 8.74. The molecule has 2 aromatic heterocycles. The Kier molecular flexibility index (Phi) is 6.99. The summed E-state index contributed by atoms with van der Waals surface area (Å²) in [5.74, 6) is 2.19. The van der Waals surface area contributed by atoms with Crippen LogP contribution >= 0.6 is 0 Å². The van der Waals surface area contributed by atoms with Crippen LogP contribution in [0, 0.1) is 12.8 Å². The average Bonchev–Trinajstić information content (AvgIpc) is 3.43. The third-order valence-corrected chi connectivity index (χ3v) is 5.49. The van der Waals surface area contributed by atoms with Gasteiger partial charge in [0.05, 0.1) is 12.7 Å². The number of hydrogen-bond donors (Lipinski definition) is 0. The van der Waals surface area contributed by atoms with Crippen molar-refractivity contribution in [1.82, 2.24) is 20.0 Å². The van der Waals surface area contributed by atoms with E-state index in [9.17, 15) is 4.79 Å². The van der Waals surface area contributed by atoms with Gasteiger partial charge in [-0.25, -0.2) is 4.98 Å². The quantitative estimate of drug-likeness (QED) is 0.523. The number of hydrogen-bond acceptors (Lipinski definition) is 7. The minimum Gasteiger partial charge on any atom is -0.443 e. The van der Waals surface area contributed by atoms with Gasteiger partial charge in [-0.05, 0) is 31.7 Å². The van der Waals surface area contributed by atoms with Crippen molar-refractivity contribution in [3.8, 4) is 11.3 Å². The Labute approximate surface area is 188 Å². The Hall–Kier alpha value is -3.00. The second kappa shape index (κ2) is 10.1. The van der Waals surface area contributed by atoms with Crippen LogP contribution in [0.1, 0.15) is 54.5 Å². The first-order valence-corrected chi connectivity index (χ1v) is 11.2. The molecule has 0 aliphatic carbocycles. The summed E-state index contributed by atoms with van der Waals surface area (Å²) in [6.45, 7) is 7.95.